The first kappa shape index (κ1) is 10.4. The smallest absolute Gasteiger partial charge is 0.271 e. The van der Waals surface area contributed by atoms with Crippen LogP contribution < -0.4 is 0 Å². The summed E-state index contributed by atoms with van der Waals surface area (Å²) in [6.07, 6.45) is 1.81. The van der Waals surface area contributed by atoms with Gasteiger partial charge in [0.25, 0.3) is 5.24 Å². The number of aromatic nitrogens is 1. The minimum absolute atomic E-state index is 0.0578. The topological polar surface area (TPSA) is 22.0 Å². The van der Waals surface area contributed by atoms with Crippen molar-refractivity contribution in [1.29, 1.82) is 0 Å². The summed E-state index contributed by atoms with van der Waals surface area (Å²) in [6, 6.07) is 16.0. The van der Waals surface area contributed by atoms with E-state index >= 15 is 0 Å². The van der Waals surface area contributed by atoms with Crippen LogP contribution in [-0.2, 0) is 0 Å². The van der Waals surface area contributed by atoms with Gasteiger partial charge in [0.05, 0.1) is 11.0 Å². The van der Waals surface area contributed by atoms with E-state index in [-0.39, 0.29) is 5.24 Å². The predicted octanol–water partition coefficient (Wildman–Crippen LogP) is 4.13. The maximum Gasteiger partial charge on any atom is 0.290 e. The molecule has 0 radical (unpaired) electrons. The fraction of sp³-hybridized carbons (Fsp3) is 0.0714. The van der Waals surface area contributed by atoms with E-state index in [4.69, 9.17) is 0 Å². The Balaban J connectivity index is 2.54. The van der Waals surface area contributed by atoms with Gasteiger partial charge >= 0.3 is 0 Å². The van der Waals surface area contributed by atoms with Gasteiger partial charge in [0, 0.05) is 10.8 Å². The van der Waals surface area contributed by atoms with Crippen molar-refractivity contribution in [3.05, 3.63) is 48.5 Å². The van der Waals surface area contributed by atoms with E-state index in [1.54, 1.807) is 4.57 Å². The van der Waals surface area contributed by atoms with Crippen LogP contribution in [0.5, 0.6) is 0 Å². The Morgan fingerprint density at radius 2 is 1.41 bits per heavy atom. The van der Waals surface area contributed by atoms with Crippen molar-refractivity contribution in [3.63, 3.8) is 0 Å². The highest BCUT2D eigenvalue weighted by Crippen LogP contribution is 2.29. The van der Waals surface area contributed by atoms with Gasteiger partial charge in [0.2, 0.25) is 0 Å². The Hall–Kier alpha value is -1.74. The van der Waals surface area contributed by atoms with E-state index in [9.17, 15) is 4.79 Å². The maximum atomic E-state index is 12.0. The minimum atomic E-state index is 0.0578. The summed E-state index contributed by atoms with van der Waals surface area (Å²) in [6.45, 7) is 0. The first-order valence-corrected chi connectivity index (χ1v) is 6.62. The molecule has 0 amide bonds. The van der Waals surface area contributed by atoms with E-state index in [2.05, 4.69) is 12.1 Å². The SMILES string of the molecule is CSC(=O)n1c2ccccc2c2ccccc21. The Morgan fingerprint density at radius 1 is 0.941 bits per heavy atom. The van der Waals surface area contributed by atoms with Crippen LogP contribution in [0.15, 0.2) is 48.5 Å². The quantitative estimate of drug-likeness (QED) is 0.590. The van der Waals surface area contributed by atoms with Crippen LogP contribution in [0, 0.1) is 0 Å². The van der Waals surface area contributed by atoms with E-state index < -0.39 is 0 Å². The van der Waals surface area contributed by atoms with Crippen molar-refractivity contribution >= 4 is 38.8 Å². The molecule has 0 bridgehead atoms. The van der Waals surface area contributed by atoms with E-state index in [1.807, 2.05) is 42.7 Å². The predicted molar refractivity (Wildman–Crippen MR) is 73.8 cm³/mol. The average Bonchev–Trinajstić information content (AvgIpc) is 2.72. The molecule has 0 saturated carbocycles. The molecule has 1 aromatic heterocycles. The van der Waals surface area contributed by atoms with Crippen LogP contribution in [0.3, 0.4) is 0 Å². The molecule has 0 saturated heterocycles. The number of rotatable bonds is 0. The molecule has 0 aliphatic carbocycles. The van der Waals surface area contributed by atoms with Gasteiger partial charge < -0.3 is 0 Å². The zero-order valence-corrected chi connectivity index (χ0v) is 10.2. The van der Waals surface area contributed by atoms with E-state index in [0.29, 0.717) is 0 Å². The molecule has 3 rings (SSSR count). The number of benzene rings is 2. The number of fused-ring (bicyclic) bond motifs is 3. The van der Waals surface area contributed by atoms with Crippen LogP contribution in [-0.4, -0.2) is 16.1 Å². The summed E-state index contributed by atoms with van der Waals surface area (Å²) >= 11 is 1.24. The third kappa shape index (κ3) is 1.46. The van der Waals surface area contributed by atoms with Gasteiger partial charge in [-0.2, -0.15) is 0 Å². The Morgan fingerprint density at radius 3 is 1.88 bits per heavy atom. The maximum absolute atomic E-state index is 12.0. The monoisotopic (exact) mass is 241 g/mol. The molecule has 3 aromatic rings. The van der Waals surface area contributed by atoms with Crippen molar-refractivity contribution in [2.75, 3.05) is 6.26 Å². The zero-order valence-electron chi connectivity index (χ0n) is 9.38. The summed E-state index contributed by atoms with van der Waals surface area (Å²) in [7, 11) is 0. The first-order chi connectivity index (χ1) is 8.33. The summed E-state index contributed by atoms with van der Waals surface area (Å²) in [5.41, 5.74) is 1.96. The molecule has 2 aromatic carbocycles. The molecule has 0 spiro atoms. The van der Waals surface area contributed by atoms with Crippen molar-refractivity contribution < 1.29 is 4.79 Å². The van der Waals surface area contributed by atoms with Crippen LogP contribution >= 0.6 is 11.8 Å². The lowest BCUT2D eigenvalue weighted by molar-refractivity contribution is 0.263. The van der Waals surface area contributed by atoms with E-state index in [0.717, 1.165) is 21.8 Å². The first-order valence-electron chi connectivity index (χ1n) is 5.39. The standard InChI is InChI=1S/C14H11NOS/c1-17-14(16)15-12-8-4-2-6-10(12)11-7-3-5-9-13(11)15/h2-9H,1H3. The van der Waals surface area contributed by atoms with Gasteiger partial charge in [-0.25, -0.2) is 0 Å². The van der Waals surface area contributed by atoms with Gasteiger partial charge in [-0.15, -0.1) is 0 Å². The number of hydrogen-bond acceptors (Lipinski definition) is 2. The number of para-hydroxylation sites is 2. The highest BCUT2D eigenvalue weighted by Gasteiger charge is 2.13. The molecule has 17 heavy (non-hydrogen) atoms. The van der Waals surface area contributed by atoms with E-state index in [1.165, 1.54) is 11.8 Å². The number of carbonyl (C=O) groups is 1. The Bertz CT molecular complexity index is 661. The van der Waals surface area contributed by atoms with Crippen LogP contribution in [0.25, 0.3) is 21.8 Å². The molecule has 0 N–H and O–H groups in total. The molecular weight excluding hydrogens is 230 g/mol. The van der Waals surface area contributed by atoms with Gasteiger partial charge in [-0.05, 0) is 18.4 Å². The van der Waals surface area contributed by atoms with Crippen LogP contribution in [0.4, 0.5) is 4.79 Å². The Kier molecular flexibility index (Phi) is 2.41. The molecule has 0 aliphatic rings. The lowest BCUT2D eigenvalue weighted by Gasteiger charge is -2.02. The molecule has 84 valence electrons. The molecule has 3 heteroatoms. The lowest BCUT2D eigenvalue weighted by Crippen LogP contribution is -2.03. The molecule has 0 unspecified atom stereocenters. The fourth-order valence-electron chi connectivity index (χ4n) is 2.21. The summed E-state index contributed by atoms with van der Waals surface area (Å²) in [5, 5.41) is 2.32. The van der Waals surface area contributed by atoms with Crippen molar-refractivity contribution in [3.8, 4) is 0 Å². The van der Waals surface area contributed by atoms with Gasteiger partial charge in [0.15, 0.2) is 0 Å². The summed E-state index contributed by atoms with van der Waals surface area (Å²) < 4.78 is 1.79. The third-order valence-electron chi connectivity index (χ3n) is 2.94. The molecule has 0 aliphatic heterocycles. The second kappa shape index (κ2) is 3.93. The minimum Gasteiger partial charge on any atom is -0.271 e. The number of carbonyl (C=O) groups excluding carboxylic acids is 1. The van der Waals surface area contributed by atoms with Crippen molar-refractivity contribution in [2.24, 2.45) is 0 Å². The van der Waals surface area contributed by atoms with Gasteiger partial charge in [-0.3, -0.25) is 9.36 Å². The van der Waals surface area contributed by atoms with Crippen molar-refractivity contribution in [2.45, 2.75) is 0 Å². The van der Waals surface area contributed by atoms with Crippen molar-refractivity contribution in [1.82, 2.24) is 4.57 Å². The highest BCUT2D eigenvalue weighted by atomic mass is 32.2. The normalized spacial score (nSPS) is 11.1. The van der Waals surface area contributed by atoms with Gasteiger partial charge in [-0.1, -0.05) is 48.2 Å². The molecule has 0 atom stereocenters. The van der Waals surface area contributed by atoms with Crippen LogP contribution in [0.1, 0.15) is 0 Å². The number of hydrogen-bond donors (Lipinski definition) is 0. The second-order valence-corrected chi connectivity index (χ2v) is 4.60. The summed E-state index contributed by atoms with van der Waals surface area (Å²) in [4.78, 5) is 12.0. The number of thioether (sulfide) groups is 1. The Labute approximate surface area is 103 Å². The lowest BCUT2D eigenvalue weighted by atomic mass is 10.2. The molecule has 0 fully saturated rings. The largest absolute Gasteiger partial charge is 0.290 e. The summed E-state index contributed by atoms with van der Waals surface area (Å²) in [5.74, 6) is 0. The zero-order chi connectivity index (χ0) is 11.8. The molecule has 1 heterocycles. The number of nitrogens with zero attached hydrogens (tertiary/aromatic N) is 1. The van der Waals surface area contributed by atoms with Gasteiger partial charge in [0.1, 0.15) is 0 Å². The molecule has 2 nitrogen and oxygen atoms in total. The highest BCUT2D eigenvalue weighted by molar-refractivity contribution is 8.13. The average molecular weight is 241 g/mol. The van der Waals surface area contributed by atoms with Crippen LogP contribution in [0.2, 0.25) is 0 Å². The third-order valence-corrected chi connectivity index (χ3v) is 3.47. The fourth-order valence-corrected chi connectivity index (χ4v) is 2.59. The second-order valence-electron chi connectivity index (χ2n) is 3.84. The molecular formula is C14H11NOS.